The first kappa shape index (κ1) is 18.9. The first-order valence-electron chi connectivity index (χ1n) is 9.77. The molecule has 1 fully saturated rings. The molecule has 4 rings (SSSR count). The molecule has 3 aromatic rings. The number of rotatable bonds is 6. The molecule has 2 amide bonds. The van der Waals surface area contributed by atoms with Crippen LogP contribution in [0.2, 0.25) is 0 Å². The molecular weight excluding hydrogens is 370 g/mol. The molecule has 8 nitrogen and oxygen atoms in total. The standard InChI is InChI=1S/C21H23N5O3/c1-2-22-19(27)14-29-16-10-8-15(9-11-16)21(28)25-13-5-6-17(25)20-24-23-18-7-3-4-12-26(18)20/h3-4,7-12,17H,2,5-6,13-14H2,1H3,(H,22,27)/t17-/m0/s1. The molecule has 0 bridgehead atoms. The van der Waals surface area contributed by atoms with E-state index in [1.807, 2.05) is 40.6 Å². The molecule has 0 unspecified atom stereocenters. The summed E-state index contributed by atoms with van der Waals surface area (Å²) in [6.45, 7) is 3.05. The number of nitrogens with one attached hydrogen (secondary N) is 1. The highest BCUT2D eigenvalue weighted by molar-refractivity contribution is 5.94. The molecule has 1 aliphatic rings. The maximum Gasteiger partial charge on any atom is 0.257 e. The molecule has 0 saturated carbocycles. The fourth-order valence-corrected chi connectivity index (χ4v) is 3.62. The van der Waals surface area contributed by atoms with Gasteiger partial charge < -0.3 is 15.0 Å². The Hall–Kier alpha value is -3.42. The van der Waals surface area contributed by atoms with E-state index in [2.05, 4.69) is 15.5 Å². The molecule has 0 aliphatic carbocycles. The lowest BCUT2D eigenvalue weighted by Crippen LogP contribution is -2.31. The Bertz CT molecular complexity index is 1010. The van der Waals surface area contributed by atoms with Crippen molar-refractivity contribution in [2.24, 2.45) is 0 Å². The summed E-state index contributed by atoms with van der Waals surface area (Å²) in [5, 5.41) is 11.2. The number of fused-ring (bicyclic) bond motifs is 1. The van der Waals surface area contributed by atoms with E-state index >= 15 is 0 Å². The third-order valence-electron chi connectivity index (χ3n) is 5.00. The van der Waals surface area contributed by atoms with Gasteiger partial charge in [-0.15, -0.1) is 10.2 Å². The molecule has 29 heavy (non-hydrogen) atoms. The minimum Gasteiger partial charge on any atom is -0.484 e. The van der Waals surface area contributed by atoms with Crippen molar-refractivity contribution in [2.75, 3.05) is 19.7 Å². The maximum absolute atomic E-state index is 13.1. The molecule has 2 aromatic heterocycles. The lowest BCUT2D eigenvalue weighted by Gasteiger charge is -2.23. The van der Waals surface area contributed by atoms with Crippen molar-refractivity contribution in [2.45, 2.75) is 25.8 Å². The van der Waals surface area contributed by atoms with Gasteiger partial charge in [-0.05, 0) is 56.2 Å². The number of aromatic nitrogens is 3. The van der Waals surface area contributed by atoms with E-state index in [4.69, 9.17) is 4.74 Å². The van der Waals surface area contributed by atoms with Crippen LogP contribution in [-0.2, 0) is 4.79 Å². The van der Waals surface area contributed by atoms with E-state index < -0.39 is 0 Å². The Labute approximate surface area is 168 Å². The largest absolute Gasteiger partial charge is 0.484 e. The number of hydrogen-bond donors (Lipinski definition) is 1. The topological polar surface area (TPSA) is 88.8 Å². The number of amides is 2. The van der Waals surface area contributed by atoms with E-state index in [0.717, 1.165) is 24.3 Å². The minimum absolute atomic E-state index is 0.0459. The van der Waals surface area contributed by atoms with Crippen molar-refractivity contribution in [3.05, 3.63) is 60.0 Å². The second kappa shape index (κ2) is 8.30. The molecule has 0 radical (unpaired) electrons. The van der Waals surface area contributed by atoms with Crippen molar-refractivity contribution in [1.82, 2.24) is 24.8 Å². The van der Waals surface area contributed by atoms with Gasteiger partial charge in [0.15, 0.2) is 18.1 Å². The van der Waals surface area contributed by atoms with Gasteiger partial charge in [-0.1, -0.05) is 6.07 Å². The van der Waals surface area contributed by atoms with Crippen molar-refractivity contribution >= 4 is 17.5 Å². The molecule has 0 spiro atoms. The van der Waals surface area contributed by atoms with E-state index in [0.29, 0.717) is 24.4 Å². The lowest BCUT2D eigenvalue weighted by atomic mass is 10.1. The van der Waals surface area contributed by atoms with Crippen LogP contribution in [0.1, 0.15) is 42.0 Å². The molecule has 3 heterocycles. The van der Waals surface area contributed by atoms with Gasteiger partial charge in [0, 0.05) is 24.8 Å². The molecule has 1 aliphatic heterocycles. The monoisotopic (exact) mass is 393 g/mol. The first-order chi connectivity index (χ1) is 14.2. The fraction of sp³-hybridized carbons (Fsp3) is 0.333. The lowest BCUT2D eigenvalue weighted by molar-refractivity contribution is -0.122. The van der Waals surface area contributed by atoms with Crippen molar-refractivity contribution in [3.8, 4) is 5.75 Å². The third kappa shape index (κ3) is 3.91. The second-order valence-electron chi connectivity index (χ2n) is 6.91. The molecule has 150 valence electrons. The van der Waals surface area contributed by atoms with Crippen LogP contribution < -0.4 is 10.1 Å². The fourth-order valence-electron chi connectivity index (χ4n) is 3.62. The van der Waals surface area contributed by atoms with Gasteiger partial charge in [-0.25, -0.2) is 0 Å². The second-order valence-corrected chi connectivity index (χ2v) is 6.91. The summed E-state index contributed by atoms with van der Waals surface area (Å²) in [5.41, 5.74) is 1.35. The maximum atomic E-state index is 13.1. The smallest absolute Gasteiger partial charge is 0.257 e. The zero-order valence-corrected chi connectivity index (χ0v) is 16.2. The summed E-state index contributed by atoms with van der Waals surface area (Å²) in [5.74, 6) is 1.12. The predicted octanol–water partition coefficient (Wildman–Crippen LogP) is 2.22. The van der Waals surface area contributed by atoms with Crippen LogP contribution in [0.15, 0.2) is 48.7 Å². The van der Waals surface area contributed by atoms with E-state index in [1.165, 1.54) is 0 Å². The number of ether oxygens (including phenoxy) is 1. The summed E-state index contributed by atoms with van der Waals surface area (Å²) in [6, 6.07) is 12.5. The van der Waals surface area contributed by atoms with Crippen LogP contribution in [-0.4, -0.2) is 51.0 Å². The van der Waals surface area contributed by atoms with E-state index in [9.17, 15) is 9.59 Å². The number of carbonyl (C=O) groups is 2. The normalized spacial score (nSPS) is 16.2. The Morgan fingerprint density at radius 3 is 2.79 bits per heavy atom. The SMILES string of the molecule is CCNC(=O)COc1ccc(C(=O)N2CCC[C@H]2c2nnc3ccccn23)cc1. The van der Waals surface area contributed by atoms with Crippen LogP contribution in [0, 0.1) is 0 Å². The number of nitrogens with zero attached hydrogens (tertiary/aromatic N) is 4. The van der Waals surface area contributed by atoms with Crippen LogP contribution in [0.5, 0.6) is 5.75 Å². The Morgan fingerprint density at radius 2 is 2.00 bits per heavy atom. The molecular formula is C21H23N5O3. The summed E-state index contributed by atoms with van der Waals surface area (Å²) in [4.78, 5) is 26.5. The molecule has 8 heteroatoms. The van der Waals surface area contributed by atoms with Crippen molar-refractivity contribution in [1.29, 1.82) is 0 Å². The van der Waals surface area contributed by atoms with Gasteiger partial charge in [0.05, 0.1) is 6.04 Å². The highest BCUT2D eigenvalue weighted by atomic mass is 16.5. The van der Waals surface area contributed by atoms with Gasteiger partial charge in [0.25, 0.3) is 11.8 Å². The summed E-state index contributed by atoms with van der Waals surface area (Å²) in [6.07, 6.45) is 3.70. The van der Waals surface area contributed by atoms with Crippen LogP contribution >= 0.6 is 0 Å². The van der Waals surface area contributed by atoms with Gasteiger partial charge in [-0.3, -0.25) is 14.0 Å². The van der Waals surface area contributed by atoms with Crippen LogP contribution in [0.4, 0.5) is 0 Å². The van der Waals surface area contributed by atoms with Gasteiger partial charge in [-0.2, -0.15) is 0 Å². The molecule has 1 aromatic carbocycles. The Morgan fingerprint density at radius 1 is 1.17 bits per heavy atom. The number of likely N-dealkylation sites (N-methyl/N-ethyl adjacent to an activating group) is 1. The average Bonchev–Trinajstić information content (AvgIpc) is 3.39. The van der Waals surface area contributed by atoms with E-state index in [1.54, 1.807) is 24.3 Å². The van der Waals surface area contributed by atoms with Crippen molar-refractivity contribution < 1.29 is 14.3 Å². The zero-order valence-electron chi connectivity index (χ0n) is 16.2. The van der Waals surface area contributed by atoms with Gasteiger partial charge >= 0.3 is 0 Å². The molecule has 1 N–H and O–H groups in total. The molecule has 1 atom stereocenters. The number of hydrogen-bond acceptors (Lipinski definition) is 5. The number of benzene rings is 1. The molecule has 1 saturated heterocycles. The summed E-state index contributed by atoms with van der Waals surface area (Å²) in [7, 11) is 0. The highest BCUT2D eigenvalue weighted by Crippen LogP contribution is 2.32. The Balaban J connectivity index is 1.48. The number of carbonyl (C=O) groups excluding carboxylic acids is 2. The zero-order chi connectivity index (χ0) is 20.2. The summed E-state index contributed by atoms with van der Waals surface area (Å²) >= 11 is 0. The quantitative estimate of drug-likeness (QED) is 0.694. The third-order valence-corrected chi connectivity index (χ3v) is 5.00. The highest BCUT2D eigenvalue weighted by Gasteiger charge is 2.33. The predicted molar refractivity (Wildman–Crippen MR) is 107 cm³/mol. The first-order valence-corrected chi connectivity index (χ1v) is 9.77. The van der Waals surface area contributed by atoms with Gasteiger partial charge in [0.1, 0.15) is 5.75 Å². The van der Waals surface area contributed by atoms with Crippen LogP contribution in [0.25, 0.3) is 5.65 Å². The average molecular weight is 393 g/mol. The van der Waals surface area contributed by atoms with Crippen LogP contribution in [0.3, 0.4) is 0 Å². The number of pyridine rings is 1. The van der Waals surface area contributed by atoms with Gasteiger partial charge in [0.2, 0.25) is 0 Å². The summed E-state index contributed by atoms with van der Waals surface area (Å²) < 4.78 is 7.39. The van der Waals surface area contributed by atoms with E-state index in [-0.39, 0.29) is 24.5 Å². The minimum atomic E-state index is -0.173. The number of likely N-dealkylation sites (tertiary alicyclic amines) is 1. The van der Waals surface area contributed by atoms with Crippen molar-refractivity contribution in [3.63, 3.8) is 0 Å². The Kier molecular flexibility index (Phi) is 5.41.